The average molecular weight is 495 g/mol. The Morgan fingerprint density at radius 2 is 1.88 bits per heavy atom. The second-order valence-electron chi connectivity index (χ2n) is 7.93. The average Bonchev–Trinajstić information content (AvgIpc) is 3.14. The fourth-order valence-corrected chi connectivity index (χ4v) is 4.29. The molecule has 0 saturated heterocycles. The van der Waals surface area contributed by atoms with E-state index in [-0.39, 0.29) is 24.5 Å². The third-order valence-electron chi connectivity index (χ3n) is 5.62. The van der Waals surface area contributed by atoms with Gasteiger partial charge >= 0.3 is 0 Å². The van der Waals surface area contributed by atoms with Crippen LogP contribution < -0.4 is 10.2 Å². The summed E-state index contributed by atoms with van der Waals surface area (Å²) in [5, 5.41) is 17.4. The molecule has 34 heavy (non-hydrogen) atoms. The van der Waals surface area contributed by atoms with Crippen LogP contribution in [0.3, 0.4) is 0 Å². The number of aromatic amines is 2. The number of anilines is 2. The van der Waals surface area contributed by atoms with Crippen LogP contribution in [0.5, 0.6) is 0 Å². The zero-order valence-electron chi connectivity index (χ0n) is 19.2. The second-order valence-corrected chi connectivity index (χ2v) is 8.70. The number of nitrogens with one attached hydrogen (secondary N) is 3. The lowest BCUT2D eigenvalue weighted by Gasteiger charge is -2.29. The highest BCUT2D eigenvalue weighted by Gasteiger charge is 2.23. The number of rotatable bonds is 9. The minimum atomic E-state index is -0.439. The molecule has 0 bridgehead atoms. The van der Waals surface area contributed by atoms with Crippen molar-refractivity contribution in [3.05, 3.63) is 63.1 Å². The first-order valence-corrected chi connectivity index (χ1v) is 11.6. The normalized spacial score (nSPS) is 11.5. The molecule has 0 spiro atoms. The van der Waals surface area contributed by atoms with Crippen molar-refractivity contribution in [1.29, 1.82) is 5.26 Å². The topological polar surface area (TPSA) is 110 Å². The van der Waals surface area contributed by atoms with Gasteiger partial charge in [-0.3, -0.25) is 24.4 Å². The number of hydrogen-bond donors (Lipinski definition) is 3. The van der Waals surface area contributed by atoms with Crippen LogP contribution in [0.1, 0.15) is 30.9 Å². The first-order chi connectivity index (χ1) is 16.2. The standard InChI is InChI=1S/C24H26N6O2S2/c1-4-21(29(3)18-9-8-15(2)16(12-18)13-20(31)10-11-25)22(32)26-17-6-5-7-19(14-17)30-23(33)27-28-24(30)34/h5-9,12,14,21H,4,10,13H2,1-3H3,(H,26,32)(H,27,33)(H,28,34). The van der Waals surface area contributed by atoms with Gasteiger partial charge in [-0.05, 0) is 79.2 Å². The molecule has 8 nitrogen and oxygen atoms in total. The summed E-state index contributed by atoms with van der Waals surface area (Å²) < 4.78 is 2.54. The number of aryl methyl sites for hydroxylation is 1. The molecule has 1 heterocycles. The highest BCUT2D eigenvalue weighted by Crippen LogP contribution is 2.23. The van der Waals surface area contributed by atoms with Crippen LogP contribution in [0.2, 0.25) is 0 Å². The Balaban J connectivity index is 1.81. The van der Waals surface area contributed by atoms with Crippen LogP contribution in [0.25, 0.3) is 5.69 Å². The van der Waals surface area contributed by atoms with Gasteiger partial charge < -0.3 is 10.2 Å². The number of likely N-dealkylation sites (N-methyl/N-ethyl adjacent to an activating group) is 1. The van der Waals surface area contributed by atoms with E-state index in [1.54, 1.807) is 4.57 Å². The van der Waals surface area contributed by atoms with Crippen molar-refractivity contribution < 1.29 is 9.59 Å². The van der Waals surface area contributed by atoms with E-state index in [9.17, 15) is 9.59 Å². The van der Waals surface area contributed by atoms with Gasteiger partial charge in [0.2, 0.25) is 5.91 Å². The number of carbonyl (C=O) groups is 2. The van der Waals surface area contributed by atoms with Crippen LogP contribution >= 0.6 is 24.4 Å². The molecule has 10 heteroatoms. The smallest absolute Gasteiger partial charge is 0.247 e. The van der Waals surface area contributed by atoms with Crippen LogP contribution in [-0.4, -0.2) is 39.5 Å². The Hall–Kier alpha value is -3.55. The van der Waals surface area contributed by atoms with E-state index in [0.29, 0.717) is 21.7 Å². The fourth-order valence-electron chi connectivity index (χ4n) is 3.74. The van der Waals surface area contributed by atoms with E-state index in [2.05, 4.69) is 15.5 Å². The first kappa shape index (κ1) is 25.1. The lowest BCUT2D eigenvalue weighted by atomic mass is 10.0. The van der Waals surface area contributed by atoms with Gasteiger partial charge in [-0.2, -0.15) is 5.26 Å². The number of benzene rings is 2. The Bertz CT molecular complexity index is 1340. The van der Waals surface area contributed by atoms with E-state index >= 15 is 0 Å². The third-order valence-corrected chi connectivity index (χ3v) is 6.18. The molecule has 0 fully saturated rings. The maximum Gasteiger partial charge on any atom is 0.247 e. The largest absolute Gasteiger partial charge is 0.363 e. The fraction of sp³-hybridized carbons (Fsp3) is 0.292. The van der Waals surface area contributed by atoms with Gasteiger partial charge in [0.15, 0.2) is 15.3 Å². The minimum absolute atomic E-state index is 0.114. The molecule has 1 amide bonds. The Labute approximate surface area is 208 Å². The molecule has 0 aliphatic carbocycles. The number of Topliss-reactive ketones (excluding diaryl/α,β-unsaturated/α-hetero) is 1. The summed E-state index contributed by atoms with van der Waals surface area (Å²) in [6, 6.07) is 14.5. The van der Waals surface area contributed by atoms with Crippen LogP contribution in [0.15, 0.2) is 42.5 Å². The van der Waals surface area contributed by atoms with E-state index in [1.165, 1.54) is 0 Å². The number of aromatic nitrogens is 3. The van der Waals surface area contributed by atoms with E-state index in [4.69, 9.17) is 29.7 Å². The Morgan fingerprint density at radius 3 is 2.53 bits per heavy atom. The molecule has 3 N–H and O–H groups in total. The number of ketones is 1. The highest BCUT2D eigenvalue weighted by molar-refractivity contribution is 7.72. The lowest BCUT2D eigenvalue weighted by molar-refractivity contribution is -0.118. The zero-order chi connectivity index (χ0) is 24.8. The number of nitrogens with zero attached hydrogens (tertiary/aromatic N) is 3. The molecule has 1 aromatic heterocycles. The van der Waals surface area contributed by atoms with Crippen LogP contribution in [-0.2, 0) is 16.0 Å². The maximum absolute atomic E-state index is 13.2. The molecule has 0 saturated carbocycles. The summed E-state index contributed by atoms with van der Waals surface area (Å²) in [6.45, 7) is 3.87. The predicted octanol–water partition coefficient (Wildman–Crippen LogP) is 4.78. The van der Waals surface area contributed by atoms with Crippen molar-refractivity contribution in [2.75, 3.05) is 17.3 Å². The number of nitriles is 1. The van der Waals surface area contributed by atoms with Gasteiger partial charge in [-0.1, -0.05) is 19.1 Å². The van der Waals surface area contributed by atoms with Crippen molar-refractivity contribution in [2.24, 2.45) is 0 Å². The van der Waals surface area contributed by atoms with Gasteiger partial charge in [0.1, 0.15) is 6.04 Å². The van der Waals surface area contributed by atoms with E-state index in [0.717, 1.165) is 22.5 Å². The molecule has 176 valence electrons. The van der Waals surface area contributed by atoms with Crippen LogP contribution in [0.4, 0.5) is 11.4 Å². The van der Waals surface area contributed by atoms with Crippen molar-refractivity contribution in [1.82, 2.24) is 14.8 Å². The van der Waals surface area contributed by atoms with Crippen molar-refractivity contribution >= 4 is 47.5 Å². The maximum atomic E-state index is 13.2. The predicted molar refractivity (Wildman–Crippen MR) is 137 cm³/mol. The molecular weight excluding hydrogens is 468 g/mol. The van der Waals surface area contributed by atoms with Gasteiger partial charge in [0.25, 0.3) is 0 Å². The number of hydrogen-bond acceptors (Lipinski definition) is 6. The summed E-state index contributed by atoms with van der Waals surface area (Å²) in [7, 11) is 1.86. The quantitative estimate of drug-likeness (QED) is 0.369. The molecule has 0 radical (unpaired) electrons. The molecule has 3 rings (SSSR count). The summed E-state index contributed by atoms with van der Waals surface area (Å²) in [5.41, 5.74) is 4.01. The summed E-state index contributed by atoms with van der Waals surface area (Å²) >= 11 is 10.5. The molecule has 0 aliphatic heterocycles. The minimum Gasteiger partial charge on any atom is -0.363 e. The number of H-pyrrole nitrogens is 2. The molecule has 1 atom stereocenters. The molecular formula is C24H26N6O2S2. The van der Waals surface area contributed by atoms with E-state index in [1.807, 2.05) is 74.3 Å². The van der Waals surface area contributed by atoms with Crippen molar-refractivity contribution in [2.45, 2.75) is 39.2 Å². The van der Waals surface area contributed by atoms with E-state index < -0.39 is 6.04 Å². The highest BCUT2D eigenvalue weighted by atomic mass is 32.1. The molecule has 1 unspecified atom stereocenters. The molecule has 0 aliphatic rings. The van der Waals surface area contributed by atoms with Crippen LogP contribution in [0, 0.1) is 27.8 Å². The molecule has 3 aromatic rings. The van der Waals surface area contributed by atoms with Gasteiger partial charge in [0.05, 0.1) is 18.2 Å². The number of amides is 1. The molecule has 2 aromatic carbocycles. The summed E-state index contributed by atoms with van der Waals surface area (Å²) in [5.74, 6) is -0.287. The van der Waals surface area contributed by atoms with Gasteiger partial charge in [-0.15, -0.1) is 0 Å². The van der Waals surface area contributed by atoms with Crippen molar-refractivity contribution in [3.8, 4) is 11.8 Å². The summed E-state index contributed by atoms with van der Waals surface area (Å²) in [6.07, 6.45) is 0.658. The van der Waals surface area contributed by atoms with Gasteiger partial charge in [-0.25, -0.2) is 0 Å². The monoisotopic (exact) mass is 494 g/mol. The number of carbonyl (C=O) groups excluding carboxylic acids is 2. The zero-order valence-corrected chi connectivity index (χ0v) is 20.8. The SMILES string of the molecule is CCC(C(=O)Nc1cccc(-n2c(=S)[nH][nH]c2=S)c1)N(C)c1ccc(C)c(CC(=O)CC#N)c1. The summed E-state index contributed by atoms with van der Waals surface area (Å²) in [4.78, 5) is 27.1. The van der Waals surface area contributed by atoms with Crippen molar-refractivity contribution in [3.63, 3.8) is 0 Å². The third kappa shape index (κ3) is 5.68. The lowest BCUT2D eigenvalue weighted by Crippen LogP contribution is -2.41. The van der Waals surface area contributed by atoms with Gasteiger partial charge in [0, 0.05) is 24.8 Å². The second kappa shape index (κ2) is 11.0. The Morgan fingerprint density at radius 1 is 1.18 bits per heavy atom. The Kier molecular flexibility index (Phi) is 8.15. The first-order valence-electron chi connectivity index (χ1n) is 10.8.